The molecule has 0 radical (unpaired) electrons. The van der Waals surface area contributed by atoms with Crippen molar-refractivity contribution in [2.45, 2.75) is 12.8 Å². The molecule has 0 saturated carbocycles. The van der Waals surface area contributed by atoms with E-state index >= 15 is 0 Å². The quantitative estimate of drug-likeness (QED) is 0.794. The molecule has 0 saturated heterocycles. The highest BCUT2D eigenvalue weighted by Crippen LogP contribution is 2.19. The maximum atomic E-state index is 12.9. The molecule has 0 N–H and O–H groups in total. The lowest BCUT2D eigenvalue weighted by Gasteiger charge is -2.05. The Kier molecular flexibility index (Phi) is 4.72. The summed E-state index contributed by atoms with van der Waals surface area (Å²) in [6.45, 7) is 0. The molecule has 1 nitrogen and oxygen atoms in total. The second kappa shape index (κ2) is 6.31. The van der Waals surface area contributed by atoms with Gasteiger partial charge in [-0.25, -0.2) is 4.39 Å². The molecule has 19 heavy (non-hydrogen) atoms. The average molecular weight is 342 g/mol. The van der Waals surface area contributed by atoms with E-state index in [2.05, 4.69) is 15.9 Å². The van der Waals surface area contributed by atoms with E-state index in [0.717, 1.165) is 11.1 Å². The van der Waals surface area contributed by atoms with Crippen LogP contribution in [0, 0.1) is 5.82 Å². The molecular formula is C15H11BrClFO. The summed E-state index contributed by atoms with van der Waals surface area (Å²) in [5, 5.41) is 0.619. The van der Waals surface area contributed by atoms with Gasteiger partial charge in [-0.2, -0.15) is 0 Å². The molecular weight excluding hydrogens is 331 g/mol. The van der Waals surface area contributed by atoms with Crippen molar-refractivity contribution in [3.05, 3.63) is 68.9 Å². The fourth-order valence-electron chi connectivity index (χ4n) is 1.81. The third-order valence-electron chi connectivity index (χ3n) is 2.69. The van der Waals surface area contributed by atoms with Crippen molar-refractivity contribution in [3.63, 3.8) is 0 Å². The van der Waals surface area contributed by atoms with Crippen molar-refractivity contribution < 1.29 is 9.18 Å². The van der Waals surface area contributed by atoms with Gasteiger partial charge in [-0.05, 0) is 35.4 Å². The summed E-state index contributed by atoms with van der Waals surface area (Å²) in [5.74, 6) is -0.257. The Hall–Kier alpha value is -1.19. The van der Waals surface area contributed by atoms with Crippen molar-refractivity contribution in [1.82, 2.24) is 0 Å². The topological polar surface area (TPSA) is 17.1 Å². The largest absolute Gasteiger partial charge is 0.299 e. The molecule has 98 valence electrons. The van der Waals surface area contributed by atoms with Crippen molar-refractivity contribution in [1.29, 1.82) is 0 Å². The second-order valence-corrected chi connectivity index (χ2v) is 5.55. The van der Waals surface area contributed by atoms with Crippen molar-refractivity contribution >= 4 is 33.3 Å². The molecule has 0 amide bonds. The Labute approximate surface area is 124 Å². The average Bonchev–Trinajstić information content (AvgIpc) is 2.33. The Balaban J connectivity index is 2.05. The highest BCUT2D eigenvalue weighted by molar-refractivity contribution is 9.10. The van der Waals surface area contributed by atoms with Crippen LogP contribution < -0.4 is 0 Å². The minimum absolute atomic E-state index is 0.0644. The minimum Gasteiger partial charge on any atom is -0.299 e. The van der Waals surface area contributed by atoms with E-state index in [-0.39, 0.29) is 18.0 Å². The van der Waals surface area contributed by atoms with Crippen molar-refractivity contribution in [2.24, 2.45) is 0 Å². The predicted molar refractivity (Wildman–Crippen MR) is 78.0 cm³/mol. The Bertz CT molecular complexity index is 613. The highest BCUT2D eigenvalue weighted by Gasteiger charge is 2.09. The van der Waals surface area contributed by atoms with E-state index < -0.39 is 0 Å². The van der Waals surface area contributed by atoms with E-state index in [9.17, 15) is 9.18 Å². The van der Waals surface area contributed by atoms with Gasteiger partial charge >= 0.3 is 0 Å². The minimum atomic E-state index is -0.321. The van der Waals surface area contributed by atoms with E-state index in [1.54, 1.807) is 18.2 Å². The monoisotopic (exact) mass is 340 g/mol. The zero-order valence-corrected chi connectivity index (χ0v) is 12.3. The molecule has 0 aliphatic rings. The van der Waals surface area contributed by atoms with Crippen LogP contribution in [0.2, 0.25) is 5.02 Å². The molecule has 0 spiro atoms. The molecule has 2 rings (SSSR count). The molecule has 0 aliphatic heterocycles. The van der Waals surface area contributed by atoms with Gasteiger partial charge in [-0.15, -0.1) is 0 Å². The zero-order chi connectivity index (χ0) is 13.8. The summed E-state index contributed by atoms with van der Waals surface area (Å²) in [7, 11) is 0. The maximum absolute atomic E-state index is 12.9. The SMILES string of the molecule is O=C(Cc1cccc(Cl)c1)Cc1ccc(F)cc1Br. The lowest BCUT2D eigenvalue weighted by atomic mass is 10.0. The van der Waals surface area contributed by atoms with Gasteiger partial charge in [0.25, 0.3) is 0 Å². The zero-order valence-electron chi connectivity index (χ0n) is 10.00. The predicted octanol–water partition coefficient (Wildman–Crippen LogP) is 4.60. The van der Waals surface area contributed by atoms with Gasteiger partial charge in [0, 0.05) is 22.3 Å². The Morgan fingerprint density at radius 3 is 2.63 bits per heavy atom. The molecule has 4 heteroatoms. The first-order chi connectivity index (χ1) is 9.04. The van der Waals surface area contributed by atoms with E-state index in [1.807, 2.05) is 12.1 Å². The van der Waals surface area contributed by atoms with Gasteiger partial charge < -0.3 is 0 Å². The normalized spacial score (nSPS) is 10.5. The fourth-order valence-corrected chi connectivity index (χ4v) is 2.52. The number of halogens is 3. The Morgan fingerprint density at radius 2 is 1.95 bits per heavy atom. The van der Waals surface area contributed by atoms with Gasteiger partial charge in [-0.3, -0.25) is 4.79 Å². The number of carbonyl (C=O) groups excluding carboxylic acids is 1. The van der Waals surface area contributed by atoms with Gasteiger partial charge in [0.2, 0.25) is 0 Å². The van der Waals surface area contributed by atoms with Crippen LogP contribution in [0.3, 0.4) is 0 Å². The van der Waals surface area contributed by atoms with Gasteiger partial charge in [0.1, 0.15) is 11.6 Å². The van der Waals surface area contributed by atoms with E-state index in [1.165, 1.54) is 12.1 Å². The van der Waals surface area contributed by atoms with Crippen molar-refractivity contribution in [3.8, 4) is 0 Å². The first-order valence-electron chi connectivity index (χ1n) is 5.74. The number of ketones is 1. The Morgan fingerprint density at radius 1 is 1.16 bits per heavy atom. The van der Waals surface area contributed by atoms with Crippen LogP contribution in [-0.4, -0.2) is 5.78 Å². The number of hydrogen-bond donors (Lipinski definition) is 0. The summed E-state index contributed by atoms with van der Waals surface area (Å²) >= 11 is 9.13. The van der Waals surface area contributed by atoms with Crippen LogP contribution >= 0.6 is 27.5 Å². The summed E-state index contributed by atoms with van der Waals surface area (Å²) in [4.78, 5) is 12.0. The van der Waals surface area contributed by atoms with Gasteiger partial charge in [-0.1, -0.05) is 45.7 Å². The molecule has 0 bridgehead atoms. The molecule has 2 aromatic rings. The van der Waals surface area contributed by atoms with Crippen LogP contribution in [0.15, 0.2) is 46.9 Å². The molecule has 0 fully saturated rings. The fraction of sp³-hybridized carbons (Fsp3) is 0.133. The summed E-state index contributed by atoms with van der Waals surface area (Å²) in [6.07, 6.45) is 0.595. The summed E-state index contributed by atoms with van der Waals surface area (Å²) < 4.78 is 13.6. The van der Waals surface area contributed by atoms with Crippen molar-refractivity contribution in [2.75, 3.05) is 0 Å². The van der Waals surface area contributed by atoms with Crippen LogP contribution in [0.1, 0.15) is 11.1 Å². The first kappa shape index (κ1) is 14.2. The maximum Gasteiger partial charge on any atom is 0.141 e. The number of Topliss-reactive ketones (excluding diaryl/α,β-unsaturated/α-hetero) is 1. The highest BCUT2D eigenvalue weighted by atomic mass is 79.9. The van der Waals surface area contributed by atoms with Crippen LogP contribution in [0.25, 0.3) is 0 Å². The molecule has 2 aromatic carbocycles. The number of hydrogen-bond acceptors (Lipinski definition) is 1. The molecule has 0 unspecified atom stereocenters. The van der Waals surface area contributed by atoms with Gasteiger partial charge in [0.05, 0.1) is 0 Å². The first-order valence-corrected chi connectivity index (χ1v) is 6.92. The third-order valence-corrected chi connectivity index (χ3v) is 3.67. The summed E-state index contributed by atoms with van der Waals surface area (Å²) in [5.41, 5.74) is 1.67. The molecule has 0 aliphatic carbocycles. The van der Waals surface area contributed by atoms with Crippen LogP contribution in [0.5, 0.6) is 0 Å². The summed E-state index contributed by atoms with van der Waals surface area (Å²) in [6, 6.07) is 11.6. The standard InChI is InChI=1S/C15H11BrClFO/c16-15-9-13(18)5-4-11(15)8-14(19)7-10-2-1-3-12(17)6-10/h1-6,9H,7-8H2. The second-order valence-electron chi connectivity index (χ2n) is 4.26. The number of benzene rings is 2. The number of rotatable bonds is 4. The third kappa shape index (κ3) is 4.15. The van der Waals surface area contributed by atoms with E-state index in [4.69, 9.17) is 11.6 Å². The van der Waals surface area contributed by atoms with Crippen LogP contribution in [-0.2, 0) is 17.6 Å². The van der Waals surface area contributed by atoms with Gasteiger partial charge in [0.15, 0.2) is 0 Å². The number of carbonyl (C=O) groups is 1. The van der Waals surface area contributed by atoms with Crippen LogP contribution in [0.4, 0.5) is 4.39 Å². The smallest absolute Gasteiger partial charge is 0.141 e. The molecule has 0 atom stereocenters. The molecule has 0 heterocycles. The lowest BCUT2D eigenvalue weighted by molar-refractivity contribution is -0.117. The molecule has 0 aromatic heterocycles. The lowest BCUT2D eigenvalue weighted by Crippen LogP contribution is -2.07. The van der Waals surface area contributed by atoms with E-state index in [0.29, 0.717) is 15.9 Å².